The number of likely N-dealkylation sites (tertiary alicyclic amines) is 1. The van der Waals surface area contributed by atoms with Crippen molar-refractivity contribution in [2.24, 2.45) is 5.92 Å². The molecule has 0 aromatic heterocycles. The Bertz CT molecular complexity index is 162. The van der Waals surface area contributed by atoms with Gasteiger partial charge < -0.3 is 4.90 Å². The average Bonchev–Trinajstić information content (AvgIpc) is 2.23. The van der Waals surface area contributed by atoms with Crippen molar-refractivity contribution in [2.45, 2.75) is 64.2 Å². The molecule has 0 aromatic carbocycles. The van der Waals surface area contributed by atoms with Gasteiger partial charge in [0.05, 0.1) is 0 Å². The summed E-state index contributed by atoms with van der Waals surface area (Å²) in [5.74, 6) is 1.03. The van der Waals surface area contributed by atoms with Crippen LogP contribution in [0.15, 0.2) is 0 Å². The quantitative estimate of drug-likeness (QED) is 0.711. The first kappa shape index (κ1) is 17.5. The zero-order valence-corrected chi connectivity index (χ0v) is 12.7. The molecule has 1 heterocycles. The topological polar surface area (TPSA) is 3.24 Å². The van der Waals surface area contributed by atoms with Crippen LogP contribution >= 0.6 is 24.8 Å². The van der Waals surface area contributed by atoms with Crippen LogP contribution in [0.2, 0.25) is 0 Å². The molecule has 1 aliphatic heterocycles. The molecule has 0 N–H and O–H groups in total. The predicted molar refractivity (Wildman–Crippen MR) is 80.6 cm³/mol. The Kier molecular flexibility index (Phi) is 10.8. The normalized spacial score (nSPS) is 24.0. The summed E-state index contributed by atoms with van der Waals surface area (Å²) in [5, 5.41) is 0. The van der Waals surface area contributed by atoms with Crippen LogP contribution in [0.25, 0.3) is 0 Å². The highest BCUT2D eigenvalue weighted by Crippen LogP contribution is 2.24. The summed E-state index contributed by atoms with van der Waals surface area (Å²) < 4.78 is 0. The molecule has 17 heavy (non-hydrogen) atoms. The van der Waals surface area contributed by atoms with Gasteiger partial charge in [0.1, 0.15) is 0 Å². The highest BCUT2D eigenvalue weighted by atomic mass is 35.5. The fourth-order valence-electron chi connectivity index (χ4n) is 3.23. The fourth-order valence-corrected chi connectivity index (χ4v) is 3.23. The Balaban J connectivity index is 0.00000128. The maximum atomic E-state index is 2.73. The van der Waals surface area contributed by atoms with Gasteiger partial charge in [-0.25, -0.2) is 0 Å². The van der Waals surface area contributed by atoms with Gasteiger partial charge in [-0.1, -0.05) is 38.5 Å². The first-order valence-electron chi connectivity index (χ1n) is 7.17. The van der Waals surface area contributed by atoms with Gasteiger partial charge in [-0.3, -0.25) is 0 Å². The smallest absolute Gasteiger partial charge is 0.000965 e. The first-order chi connectivity index (χ1) is 7.45. The van der Waals surface area contributed by atoms with Crippen molar-refractivity contribution >= 4 is 24.8 Å². The summed E-state index contributed by atoms with van der Waals surface area (Å²) in [7, 11) is 0. The SMILES string of the molecule is C1CCCC(CN2CCCCC2)CCC1.Cl.Cl. The van der Waals surface area contributed by atoms with Gasteiger partial charge >= 0.3 is 0 Å². The monoisotopic (exact) mass is 281 g/mol. The van der Waals surface area contributed by atoms with Crippen LogP contribution in [-0.4, -0.2) is 24.5 Å². The van der Waals surface area contributed by atoms with Crippen molar-refractivity contribution in [1.82, 2.24) is 4.90 Å². The number of hydrogen-bond acceptors (Lipinski definition) is 1. The third kappa shape index (κ3) is 6.88. The van der Waals surface area contributed by atoms with E-state index in [0.717, 1.165) is 5.92 Å². The molecule has 2 fully saturated rings. The van der Waals surface area contributed by atoms with Crippen LogP contribution in [0.3, 0.4) is 0 Å². The van der Waals surface area contributed by atoms with E-state index in [1.807, 2.05) is 0 Å². The van der Waals surface area contributed by atoms with Gasteiger partial charge in [0.2, 0.25) is 0 Å². The van der Waals surface area contributed by atoms with Crippen LogP contribution in [-0.2, 0) is 0 Å². The lowest BCUT2D eigenvalue weighted by molar-refractivity contribution is 0.179. The molecule has 1 saturated carbocycles. The predicted octanol–water partition coefficient (Wildman–Crippen LogP) is 4.68. The third-order valence-corrected chi connectivity index (χ3v) is 4.19. The maximum absolute atomic E-state index is 2.73. The minimum Gasteiger partial charge on any atom is -0.303 e. The molecule has 2 rings (SSSR count). The molecule has 0 radical (unpaired) electrons. The number of piperidine rings is 1. The van der Waals surface area contributed by atoms with E-state index in [1.165, 1.54) is 83.8 Å². The summed E-state index contributed by atoms with van der Waals surface area (Å²) >= 11 is 0. The zero-order valence-electron chi connectivity index (χ0n) is 11.0. The molecule has 2 aliphatic rings. The van der Waals surface area contributed by atoms with E-state index >= 15 is 0 Å². The maximum Gasteiger partial charge on any atom is 0.000965 e. The van der Waals surface area contributed by atoms with Crippen LogP contribution in [0.4, 0.5) is 0 Å². The van der Waals surface area contributed by atoms with Gasteiger partial charge in [0.15, 0.2) is 0 Å². The molecule has 1 saturated heterocycles. The fraction of sp³-hybridized carbons (Fsp3) is 1.00. The van der Waals surface area contributed by atoms with Crippen LogP contribution < -0.4 is 0 Å². The van der Waals surface area contributed by atoms with E-state index in [-0.39, 0.29) is 24.8 Å². The van der Waals surface area contributed by atoms with Gasteiger partial charge in [-0.15, -0.1) is 24.8 Å². The molecule has 0 amide bonds. The van der Waals surface area contributed by atoms with Crippen molar-refractivity contribution in [1.29, 1.82) is 0 Å². The number of nitrogens with zero attached hydrogens (tertiary/aromatic N) is 1. The van der Waals surface area contributed by atoms with Crippen molar-refractivity contribution in [3.05, 3.63) is 0 Å². The molecule has 1 aliphatic carbocycles. The molecule has 0 bridgehead atoms. The molecule has 0 aromatic rings. The Hall–Kier alpha value is 0.540. The Labute approximate surface area is 120 Å². The molecular weight excluding hydrogens is 253 g/mol. The molecular formula is C14H29Cl2N. The lowest BCUT2D eigenvalue weighted by atomic mass is 9.90. The highest BCUT2D eigenvalue weighted by Gasteiger charge is 2.17. The summed E-state index contributed by atoms with van der Waals surface area (Å²) in [6.45, 7) is 4.19. The molecule has 1 nitrogen and oxygen atoms in total. The standard InChI is InChI=1S/C14H27N.2ClH/c1-2-5-9-14(10-6-3-1)13-15-11-7-4-8-12-15;;/h14H,1-13H2;2*1H. The molecule has 104 valence electrons. The number of rotatable bonds is 2. The van der Waals surface area contributed by atoms with Gasteiger partial charge in [0.25, 0.3) is 0 Å². The Morgan fingerprint density at radius 3 is 1.71 bits per heavy atom. The van der Waals surface area contributed by atoms with E-state index in [4.69, 9.17) is 0 Å². The highest BCUT2D eigenvalue weighted by molar-refractivity contribution is 5.85. The number of halogens is 2. The summed E-state index contributed by atoms with van der Waals surface area (Å²) in [6.07, 6.45) is 14.9. The van der Waals surface area contributed by atoms with E-state index in [9.17, 15) is 0 Å². The van der Waals surface area contributed by atoms with E-state index in [1.54, 1.807) is 0 Å². The summed E-state index contributed by atoms with van der Waals surface area (Å²) in [6, 6.07) is 0. The van der Waals surface area contributed by atoms with Gasteiger partial charge in [-0.05, 0) is 44.7 Å². The molecule has 0 unspecified atom stereocenters. The van der Waals surface area contributed by atoms with Crippen LogP contribution in [0.5, 0.6) is 0 Å². The van der Waals surface area contributed by atoms with E-state index in [0.29, 0.717) is 0 Å². The van der Waals surface area contributed by atoms with Crippen molar-refractivity contribution in [3.63, 3.8) is 0 Å². The lowest BCUT2D eigenvalue weighted by Crippen LogP contribution is -2.34. The minimum atomic E-state index is 0. The molecule has 3 heteroatoms. The first-order valence-corrected chi connectivity index (χ1v) is 7.17. The average molecular weight is 282 g/mol. The second-order valence-corrected chi connectivity index (χ2v) is 5.57. The van der Waals surface area contributed by atoms with Crippen molar-refractivity contribution in [3.8, 4) is 0 Å². The van der Waals surface area contributed by atoms with Crippen molar-refractivity contribution in [2.75, 3.05) is 19.6 Å². The second-order valence-electron chi connectivity index (χ2n) is 5.57. The summed E-state index contributed by atoms with van der Waals surface area (Å²) in [5.41, 5.74) is 0. The van der Waals surface area contributed by atoms with Gasteiger partial charge in [0, 0.05) is 6.54 Å². The Morgan fingerprint density at radius 1 is 0.647 bits per heavy atom. The van der Waals surface area contributed by atoms with E-state index in [2.05, 4.69) is 4.90 Å². The summed E-state index contributed by atoms with van der Waals surface area (Å²) in [4.78, 5) is 2.73. The molecule has 0 atom stereocenters. The zero-order chi connectivity index (χ0) is 10.3. The van der Waals surface area contributed by atoms with Crippen molar-refractivity contribution < 1.29 is 0 Å². The van der Waals surface area contributed by atoms with E-state index < -0.39 is 0 Å². The lowest BCUT2D eigenvalue weighted by Gasteiger charge is -2.31. The van der Waals surface area contributed by atoms with Crippen LogP contribution in [0, 0.1) is 5.92 Å². The minimum absolute atomic E-state index is 0. The van der Waals surface area contributed by atoms with Crippen LogP contribution in [0.1, 0.15) is 64.2 Å². The second kappa shape index (κ2) is 10.5. The molecule has 0 spiro atoms. The third-order valence-electron chi connectivity index (χ3n) is 4.19. The van der Waals surface area contributed by atoms with Gasteiger partial charge in [-0.2, -0.15) is 0 Å². The largest absolute Gasteiger partial charge is 0.303 e. The Morgan fingerprint density at radius 2 is 1.12 bits per heavy atom. The number of hydrogen-bond donors (Lipinski definition) is 0.